The van der Waals surface area contributed by atoms with E-state index in [2.05, 4.69) is 25.9 Å². The van der Waals surface area contributed by atoms with Crippen LogP contribution in [0.1, 0.15) is 41.0 Å². The fraction of sp³-hybridized carbons (Fsp3) is 0.846. The molecule has 18 heavy (non-hydrogen) atoms. The molecule has 1 aliphatic heterocycles. The molecule has 0 spiro atoms. The molecule has 1 aliphatic rings. The van der Waals surface area contributed by atoms with Gasteiger partial charge in [-0.15, -0.1) is 0 Å². The van der Waals surface area contributed by atoms with Crippen LogP contribution in [0.4, 0.5) is 0 Å². The van der Waals surface area contributed by atoms with Gasteiger partial charge in [0.2, 0.25) is 5.91 Å². The highest BCUT2D eigenvalue weighted by Crippen LogP contribution is 2.30. The van der Waals surface area contributed by atoms with Gasteiger partial charge in [0.15, 0.2) is 5.84 Å². The van der Waals surface area contributed by atoms with Crippen molar-refractivity contribution in [3.05, 3.63) is 0 Å². The minimum absolute atomic E-state index is 0.0365. The molecule has 0 aromatic heterocycles. The van der Waals surface area contributed by atoms with Crippen LogP contribution in [0.3, 0.4) is 0 Å². The molecular weight excluding hydrogens is 230 g/mol. The second-order valence-corrected chi connectivity index (χ2v) is 6.13. The molecule has 0 bridgehead atoms. The fourth-order valence-electron chi connectivity index (χ4n) is 2.58. The summed E-state index contributed by atoms with van der Waals surface area (Å²) >= 11 is 0. The number of hydrogen-bond donors (Lipinski definition) is 2. The topological polar surface area (TPSA) is 78.9 Å². The monoisotopic (exact) mass is 255 g/mol. The second-order valence-electron chi connectivity index (χ2n) is 6.13. The molecule has 1 fully saturated rings. The van der Waals surface area contributed by atoms with Gasteiger partial charge < -0.3 is 15.8 Å². The van der Waals surface area contributed by atoms with E-state index >= 15 is 0 Å². The van der Waals surface area contributed by atoms with Crippen LogP contribution in [-0.2, 0) is 4.79 Å². The summed E-state index contributed by atoms with van der Waals surface area (Å²) in [6, 6.07) is 0.194. The van der Waals surface area contributed by atoms with Crippen molar-refractivity contribution in [1.29, 1.82) is 0 Å². The van der Waals surface area contributed by atoms with E-state index < -0.39 is 5.41 Å². The van der Waals surface area contributed by atoms with Gasteiger partial charge >= 0.3 is 0 Å². The molecule has 3 N–H and O–H groups in total. The molecule has 104 valence electrons. The fourth-order valence-corrected chi connectivity index (χ4v) is 2.58. The zero-order valence-corrected chi connectivity index (χ0v) is 12.0. The van der Waals surface area contributed by atoms with Crippen molar-refractivity contribution in [3.63, 3.8) is 0 Å². The minimum Gasteiger partial charge on any atom is -0.409 e. The van der Waals surface area contributed by atoms with E-state index in [-0.39, 0.29) is 17.8 Å². The van der Waals surface area contributed by atoms with Crippen LogP contribution in [-0.4, -0.2) is 34.4 Å². The van der Waals surface area contributed by atoms with Gasteiger partial charge in [0.1, 0.15) is 5.41 Å². The van der Waals surface area contributed by atoms with Gasteiger partial charge in [0.05, 0.1) is 0 Å². The summed E-state index contributed by atoms with van der Waals surface area (Å²) in [7, 11) is 0. The standard InChI is InChI=1S/C13H25N3O2/c1-8-6-9(2)10(3)16(7-8)12(17)13(4,5)11(14)15-18/h8-10,18H,6-7H2,1-5H3,(H2,14,15). The molecule has 1 heterocycles. The van der Waals surface area contributed by atoms with Gasteiger partial charge in [-0.05, 0) is 39.0 Å². The van der Waals surface area contributed by atoms with E-state index in [0.717, 1.165) is 13.0 Å². The molecule has 1 saturated heterocycles. The summed E-state index contributed by atoms with van der Waals surface area (Å²) in [5.74, 6) is 0.860. The molecule has 0 saturated carbocycles. The molecular formula is C13H25N3O2. The number of amidine groups is 1. The Morgan fingerprint density at radius 2 is 1.94 bits per heavy atom. The molecule has 3 atom stereocenters. The number of carbonyl (C=O) groups excluding carboxylic acids is 1. The lowest BCUT2D eigenvalue weighted by Crippen LogP contribution is -2.55. The molecule has 0 radical (unpaired) electrons. The number of nitrogens with two attached hydrogens (primary N) is 1. The third-order valence-electron chi connectivity index (χ3n) is 4.14. The van der Waals surface area contributed by atoms with Gasteiger partial charge in [-0.3, -0.25) is 4.79 Å². The van der Waals surface area contributed by atoms with Crippen LogP contribution < -0.4 is 5.73 Å². The Morgan fingerprint density at radius 1 is 1.39 bits per heavy atom. The van der Waals surface area contributed by atoms with Crippen LogP contribution >= 0.6 is 0 Å². The zero-order chi connectivity index (χ0) is 14.1. The lowest BCUT2D eigenvalue weighted by atomic mass is 9.82. The first-order chi connectivity index (χ1) is 8.21. The molecule has 3 unspecified atom stereocenters. The van der Waals surface area contributed by atoms with E-state index in [0.29, 0.717) is 11.8 Å². The van der Waals surface area contributed by atoms with Gasteiger partial charge in [-0.2, -0.15) is 0 Å². The molecule has 0 aromatic carbocycles. The summed E-state index contributed by atoms with van der Waals surface area (Å²) in [6.07, 6.45) is 1.13. The predicted octanol–water partition coefficient (Wildman–Crippen LogP) is 1.65. The molecule has 0 aliphatic carbocycles. The molecule has 1 amide bonds. The van der Waals surface area contributed by atoms with Crippen molar-refractivity contribution in [2.24, 2.45) is 28.1 Å². The van der Waals surface area contributed by atoms with E-state index in [1.165, 1.54) is 0 Å². The van der Waals surface area contributed by atoms with Gasteiger partial charge in [0, 0.05) is 12.6 Å². The maximum atomic E-state index is 12.6. The molecule has 1 rings (SSSR count). The molecule has 5 nitrogen and oxygen atoms in total. The first-order valence-electron chi connectivity index (χ1n) is 6.50. The number of carbonyl (C=O) groups is 1. The Hall–Kier alpha value is -1.26. The first kappa shape index (κ1) is 14.8. The number of piperidine rings is 1. The largest absolute Gasteiger partial charge is 0.409 e. The van der Waals surface area contributed by atoms with Gasteiger partial charge in [-0.25, -0.2) is 0 Å². The average molecular weight is 255 g/mol. The normalized spacial score (nSPS) is 30.4. The summed E-state index contributed by atoms with van der Waals surface area (Å²) in [5, 5.41) is 11.8. The van der Waals surface area contributed by atoms with E-state index in [4.69, 9.17) is 10.9 Å². The molecule has 5 heteroatoms. The lowest BCUT2D eigenvalue weighted by Gasteiger charge is -2.44. The van der Waals surface area contributed by atoms with Gasteiger partial charge in [0.25, 0.3) is 0 Å². The predicted molar refractivity (Wildman–Crippen MR) is 71.3 cm³/mol. The van der Waals surface area contributed by atoms with E-state index in [1.54, 1.807) is 13.8 Å². The van der Waals surface area contributed by atoms with Crippen LogP contribution in [0.2, 0.25) is 0 Å². The molecule has 0 aromatic rings. The third-order valence-corrected chi connectivity index (χ3v) is 4.14. The highest BCUT2D eigenvalue weighted by Gasteiger charge is 2.41. The SMILES string of the molecule is CC1CC(C)C(C)N(C(=O)C(C)(C)C(N)=NO)C1. The van der Waals surface area contributed by atoms with Crippen LogP contribution in [0.15, 0.2) is 5.16 Å². The van der Waals surface area contributed by atoms with Crippen molar-refractivity contribution in [1.82, 2.24) is 4.90 Å². The lowest BCUT2D eigenvalue weighted by molar-refractivity contribution is -0.143. The van der Waals surface area contributed by atoms with Crippen molar-refractivity contribution < 1.29 is 10.0 Å². The Bertz CT molecular complexity index is 352. The number of hydrogen-bond acceptors (Lipinski definition) is 3. The highest BCUT2D eigenvalue weighted by molar-refractivity contribution is 6.06. The van der Waals surface area contributed by atoms with Gasteiger partial charge in [-0.1, -0.05) is 19.0 Å². The Balaban J connectivity index is 2.95. The smallest absolute Gasteiger partial charge is 0.236 e. The maximum absolute atomic E-state index is 12.6. The number of nitrogens with zero attached hydrogens (tertiary/aromatic N) is 2. The summed E-state index contributed by atoms with van der Waals surface area (Å²) in [4.78, 5) is 14.4. The number of likely N-dealkylation sites (tertiary alicyclic amines) is 1. The number of oxime groups is 1. The summed E-state index contributed by atoms with van der Waals surface area (Å²) in [5.41, 5.74) is 4.67. The highest BCUT2D eigenvalue weighted by atomic mass is 16.4. The maximum Gasteiger partial charge on any atom is 0.236 e. The van der Waals surface area contributed by atoms with Crippen molar-refractivity contribution in [2.45, 2.75) is 47.1 Å². The number of rotatable bonds is 2. The van der Waals surface area contributed by atoms with E-state index in [1.807, 2.05) is 4.90 Å². The average Bonchev–Trinajstić information content (AvgIpc) is 2.31. The first-order valence-corrected chi connectivity index (χ1v) is 6.50. The summed E-state index contributed by atoms with van der Waals surface area (Å²) < 4.78 is 0. The van der Waals surface area contributed by atoms with Crippen LogP contribution in [0, 0.1) is 17.3 Å². The number of amides is 1. The van der Waals surface area contributed by atoms with Crippen LogP contribution in [0.5, 0.6) is 0 Å². The van der Waals surface area contributed by atoms with Crippen LogP contribution in [0.25, 0.3) is 0 Å². The van der Waals surface area contributed by atoms with E-state index in [9.17, 15) is 4.79 Å². The quantitative estimate of drug-likeness (QED) is 0.341. The Morgan fingerprint density at radius 3 is 2.44 bits per heavy atom. The third kappa shape index (κ3) is 2.60. The minimum atomic E-state index is -0.959. The van der Waals surface area contributed by atoms with Crippen molar-refractivity contribution >= 4 is 11.7 Å². The van der Waals surface area contributed by atoms with Crippen molar-refractivity contribution in [3.8, 4) is 0 Å². The second kappa shape index (κ2) is 5.16. The Labute approximate surface area is 109 Å². The zero-order valence-electron chi connectivity index (χ0n) is 12.0. The van der Waals surface area contributed by atoms with Crippen molar-refractivity contribution in [2.75, 3.05) is 6.54 Å². The Kier molecular flexibility index (Phi) is 4.24. The summed E-state index contributed by atoms with van der Waals surface area (Å²) in [6.45, 7) is 10.5.